The molecule has 2 aromatic rings. The molecule has 0 aromatic heterocycles. The largest absolute Gasteiger partial charge is 0.484 e. The maximum atomic E-state index is 13.4. The third-order valence-electron chi connectivity index (χ3n) is 2.67. The predicted molar refractivity (Wildman–Crippen MR) is 72.4 cm³/mol. The molecule has 0 radical (unpaired) electrons. The van der Waals surface area contributed by atoms with Crippen LogP contribution in [0.3, 0.4) is 0 Å². The number of carbonyl (C=O) groups excluding carboxylic acids is 1. The van der Waals surface area contributed by atoms with E-state index in [-0.39, 0.29) is 16.3 Å². The van der Waals surface area contributed by atoms with Crippen molar-refractivity contribution in [3.05, 3.63) is 64.2 Å². The number of hydrogen-bond acceptors (Lipinski definition) is 3. The van der Waals surface area contributed by atoms with Crippen LogP contribution in [0.5, 0.6) is 5.75 Å². The van der Waals surface area contributed by atoms with Crippen molar-refractivity contribution in [1.82, 2.24) is 0 Å². The van der Waals surface area contributed by atoms with E-state index in [1.54, 1.807) is 6.07 Å². The maximum absolute atomic E-state index is 13.4. The number of rotatable bonds is 4. The van der Waals surface area contributed by atoms with Gasteiger partial charge in [0.2, 0.25) is 5.78 Å². The Hall–Kier alpha value is -2.45. The molecule has 0 atom stereocenters. The van der Waals surface area contributed by atoms with Crippen molar-refractivity contribution < 1.29 is 18.3 Å². The van der Waals surface area contributed by atoms with Crippen LogP contribution in [-0.4, -0.2) is 12.4 Å². The minimum Gasteiger partial charge on any atom is -0.484 e. The third kappa shape index (κ3) is 3.36. The van der Waals surface area contributed by atoms with Crippen molar-refractivity contribution in [3.8, 4) is 11.8 Å². The molecule has 21 heavy (non-hydrogen) atoms. The number of hydrogen-bond donors (Lipinski definition) is 0. The van der Waals surface area contributed by atoms with Crippen LogP contribution in [0.1, 0.15) is 15.9 Å². The smallest absolute Gasteiger partial charge is 0.203 e. The van der Waals surface area contributed by atoms with Crippen molar-refractivity contribution in [2.75, 3.05) is 6.61 Å². The van der Waals surface area contributed by atoms with Gasteiger partial charge in [-0.15, -0.1) is 0 Å². The van der Waals surface area contributed by atoms with E-state index >= 15 is 0 Å². The van der Waals surface area contributed by atoms with Crippen molar-refractivity contribution in [2.45, 2.75) is 0 Å². The lowest BCUT2D eigenvalue weighted by molar-refractivity contribution is 0.0916. The van der Waals surface area contributed by atoms with Gasteiger partial charge in [-0.3, -0.25) is 4.79 Å². The Bertz CT molecular complexity index is 741. The van der Waals surface area contributed by atoms with E-state index in [2.05, 4.69) is 0 Å². The number of nitrogens with zero attached hydrogens (tertiary/aromatic N) is 1. The molecule has 106 valence electrons. The molecule has 0 fully saturated rings. The highest BCUT2D eigenvalue weighted by Gasteiger charge is 2.15. The van der Waals surface area contributed by atoms with Gasteiger partial charge in [-0.2, -0.15) is 5.26 Å². The molecule has 0 unspecified atom stereocenters. The van der Waals surface area contributed by atoms with Gasteiger partial charge < -0.3 is 4.74 Å². The van der Waals surface area contributed by atoms with Gasteiger partial charge in [-0.25, -0.2) is 8.78 Å². The molecule has 0 amide bonds. The van der Waals surface area contributed by atoms with E-state index in [0.717, 1.165) is 18.2 Å². The van der Waals surface area contributed by atoms with E-state index in [0.29, 0.717) is 0 Å². The fourth-order valence-electron chi connectivity index (χ4n) is 1.67. The molecule has 0 bridgehead atoms. The second-order valence-corrected chi connectivity index (χ2v) is 4.47. The zero-order valence-electron chi connectivity index (χ0n) is 10.6. The number of benzene rings is 2. The van der Waals surface area contributed by atoms with Crippen molar-refractivity contribution in [3.63, 3.8) is 0 Å². The lowest BCUT2D eigenvalue weighted by atomic mass is 10.1. The Morgan fingerprint density at radius 2 is 2.05 bits per heavy atom. The van der Waals surface area contributed by atoms with Gasteiger partial charge in [0.05, 0.1) is 10.6 Å². The number of carbonyl (C=O) groups is 1. The molecule has 0 N–H and O–H groups in total. The van der Waals surface area contributed by atoms with Gasteiger partial charge in [0.15, 0.2) is 6.61 Å². The van der Waals surface area contributed by atoms with E-state index in [1.165, 1.54) is 12.1 Å². The van der Waals surface area contributed by atoms with Gasteiger partial charge in [-0.1, -0.05) is 17.7 Å². The molecule has 0 aliphatic carbocycles. The summed E-state index contributed by atoms with van der Waals surface area (Å²) in [6.07, 6.45) is 0. The molecule has 3 nitrogen and oxygen atoms in total. The van der Waals surface area contributed by atoms with Crippen LogP contribution in [-0.2, 0) is 0 Å². The zero-order chi connectivity index (χ0) is 15.4. The van der Waals surface area contributed by atoms with Crippen LogP contribution in [0.2, 0.25) is 5.02 Å². The van der Waals surface area contributed by atoms with Gasteiger partial charge in [0, 0.05) is 0 Å². The molecular weight excluding hydrogens is 300 g/mol. The van der Waals surface area contributed by atoms with Crippen molar-refractivity contribution >= 4 is 17.4 Å². The molecule has 2 rings (SSSR count). The molecular formula is C15H8ClF2NO2. The quantitative estimate of drug-likeness (QED) is 0.808. The molecule has 0 aliphatic rings. The highest BCUT2D eigenvalue weighted by atomic mass is 35.5. The molecule has 0 aliphatic heterocycles. The molecule has 0 spiro atoms. The number of ketones is 1. The number of nitriles is 1. The summed E-state index contributed by atoms with van der Waals surface area (Å²) in [5.41, 5.74) is -0.331. The van der Waals surface area contributed by atoms with Crippen LogP contribution in [0.4, 0.5) is 8.78 Å². The molecule has 0 heterocycles. The van der Waals surface area contributed by atoms with Gasteiger partial charge in [-0.05, 0) is 30.3 Å². The van der Waals surface area contributed by atoms with Crippen molar-refractivity contribution in [1.29, 1.82) is 5.26 Å². The number of Topliss-reactive ketones (excluding diaryl/α,β-unsaturated/α-hetero) is 1. The molecule has 0 saturated heterocycles. The summed E-state index contributed by atoms with van der Waals surface area (Å²) in [5.74, 6) is -2.19. The highest BCUT2D eigenvalue weighted by Crippen LogP contribution is 2.25. The lowest BCUT2D eigenvalue weighted by Crippen LogP contribution is -2.14. The lowest BCUT2D eigenvalue weighted by Gasteiger charge is -2.08. The SMILES string of the molecule is N#Cc1c(Cl)cccc1OCC(=O)c1cc(F)ccc1F. The summed E-state index contributed by atoms with van der Waals surface area (Å²) in [7, 11) is 0. The summed E-state index contributed by atoms with van der Waals surface area (Å²) in [6.45, 7) is -0.532. The number of halogens is 3. The Kier molecular flexibility index (Phi) is 4.51. The first kappa shape index (κ1) is 14.9. The average Bonchev–Trinajstić information content (AvgIpc) is 2.47. The Morgan fingerprint density at radius 3 is 2.76 bits per heavy atom. The number of ether oxygens (including phenoxy) is 1. The standard InChI is InChI=1S/C15H8ClF2NO2/c16-12-2-1-3-15(11(12)7-19)21-8-14(20)10-6-9(17)4-5-13(10)18/h1-6H,8H2. The van der Waals surface area contributed by atoms with E-state index in [9.17, 15) is 13.6 Å². The second-order valence-electron chi connectivity index (χ2n) is 4.06. The summed E-state index contributed by atoms with van der Waals surface area (Å²) < 4.78 is 31.6. The highest BCUT2D eigenvalue weighted by molar-refractivity contribution is 6.31. The first-order chi connectivity index (χ1) is 10.0. The minimum atomic E-state index is -0.836. The monoisotopic (exact) mass is 307 g/mol. The van der Waals surface area contributed by atoms with Gasteiger partial charge >= 0.3 is 0 Å². The molecule has 0 saturated carbocycles. The molecule has 2 aromatic carbocycles. The Morgan fingerprint density at radius 1 is 1.29 bits per heavy atom. The minimum absolute atomic E-state index is 0.0756. The van der Waals surface area contributed by atoms with E-state index in [1.807, 2.05) is 6.07 Å². The summed E-state index contributed by atoms with van der Waals surface area (Å²) >= 11 is 5.81. The maximum Gasteiger partial charge on any atom is 0.203 e. The normalized spacial score (nSPS) is 10.0. The van der Waals surface area contributed by atoms with Gasteiger partial charge in [0.1, 0.15) is 29.0 Å². The fourth-order valence-corrected chi connectivity index (χ4v) is 1.87. The molecule has 6 heteroatoms. The van der Waals surface area contributed by atoms with Crippen LogP contribution in [0.25, 0.3) is 0 Å². The van der Waals surface area contributed by atoms with Crippen LogP contribution in [0.15, 0.2) is 36.4 Å². The Labute approximate surface area is 124 Å². The first-order valence-electron chi connectivity index (χ1n) is 5.82. The Balaban J connectivity index is 2.17. The van der Waals surface area contributed by atoms with Gasteiger partial charge in [0.25, 0.3) is 0 Å². The van der Waals surface area contributed by atoms with E-state index < -0.39 is 29.6 Å². The summed E-state index contributed by atoms with van der Waals surface area (Å²) in [6, 6.07) is 8.93. The fraction of sp³-hybridized carbons (Fsp3) is 0.0667. The summed E-state index contributed by atoms with van der Waals surface area (Å²) in [4.78, 5) is 11.8. The first-order valence-corrected chi connectivity index (χ1v) is 6.20. The second kappa shape index (κ2) is 6.33. The van der Waals surface area contributed by atoms with Crippen LogP contribution >= 0.6 is 11.6 Å². The van der Waals surface area contributed by atoms with Crippen molar-refractivity contribution in [2.24, 2.45) is 0 Å². The third-order valence-corrected chi connectivity index (χ3v) is 2.99. The van der Waals surface area contributed by atoms with Crippen LogP contribution in [0, 0.1) is 23.0 Å². The zero-order valence-corrected chi connectivity index (χ0v) is 11.3. The summed E-state index contributed by atoms with van der Waals surface area (Å²) in [5, 5.41) is 9.13. The topological polar surface area (TPSA) is 50.1 Å². The van der Waals surface area contributed by atoms with E-state index in [4.69, 9.17) is 21.6 Å². The predicted octanol–water partition coefficient (Wildman–Crippen LogP) is 3.75. The van der Waals surface area contributed by atoms with Crippen LogP contribution < -0.4 is 4.74 Å². The average molecular weight is 308 g/mol.